The van der Waals surface area contributed by atoms with E-state index >= 15 is 0 Å². The highest BCUT2D eigenvalue weighted by Gasteiger charge is 2.16. The standard InChI is InChI=1S/C27H24N2O6/c1-3-19-8-10-22(11-9-19)33-17-23-12-13-26(34-23)27(30)28-20-14-21(29(31)32)16-24(15-20)35-25-7-5-4-6-18(25)2/h4-16H,3,17H2,1-2H3,(H,28,30). The third-order valence-corrected chi connectivity index (χ3v) is 5.28. The van der Waals surface area contributed by atoms with E-state index in [0.29, 0.717) is 17.3 Å². The minimum Gasteiger partial charge on any atom is -0.486 e. The predicted octanol–water partition coefficient (Wildman–Crippen LogP) is 6.68. The van der Waals surface area contributed by atoms with Crippen molar-refractivity contribution >= 4 is 17.3 Å². The maximum Gasteiger partial charge on any atom is 0.291 e. The number of hydrogen-bond donors (Lipinski definition) is 1. The van der Waals surface area contributed by atoms with Crippen LogP contribution < -0.4 is 14.8 Å². The normalized spacial score (nSPS) is 10.6. The fourth-order valence-electron chi connectivity index (χ4n) is 3.36. The second-order valence-electron chi connectivity index (χ2n) is 7.85. The van der Waals surface area contributed by atoms with Gasteiger partial charge in [0.2, 0.25) is 0 Å². The molecule has 178 valence electrons. The first-order valence-electron chi connectivity index (χ1n) is 11.1. The number of anilines is 1. The van der Waals surface area contributed by atoms with Gasteiger partial charge in [0.05, 0.1) is 16.7 Å². The van der Waals surface area contributed by atoms with Crippen LogP contribution >= 0.6 is 0 Å². The molecule has 0 atom stereocenters. The van der Waals surface area contributed by atoms with Crippen LogP contribution in [0.3, 0.4) is 0 Å². The number of ether oxygens (including phenoxy) is 2. The molecule has 8 heteroatoms. The molecule has 0 aliphatic heterocycles. The van der Waals surface area contributed by atoms with Crippen LogP contribution in [0.15, 0.2) is 83.3 Å². The molecule has 0 bridgehead atoms. The Hall–Kier alpha value is -4.59. The van der Waals surface area contributed by atoms with Gasteiger partial charge in [-0.25, -0.2) is 0 Å². The van der Waals surface area contributed by atoms with E-state index in [1.807, 2.05) is 43.3 Å². The zero-order valence-corrected chi connectivity index (χ0v) is 19.3. The van der Waals surface area contributed by atoms with Gasteiger partial charge in [-0.15, -0.1) is 0 Å². The molecule has 0 saturated heterocycles. The molecule has 0 fully saturated rings. The number of amides is 1. The maximum atomic E-state index is 12.7. The number of rotatable bonds is 9. The first-order chi connectivity index (χ1) is 16.9. The van der Waals surface area contributed by atoms with Crippen LogP contribution in [0, 0.1) is 17.0 Å². The van der Waals surface area contributed by atoms with Crippen LogP contribution in [0.5, 0.6) is 17.2 Å². The third-order valence-electron chi connectivity index (χ3n) is 5.28. The number of para-hydroxylation sites is 1. The van der Waals surface area contributed by atoms with Crippen LogP contribution in [0.25, 0.3) is 0 Å². The number of benzene rings is 3. The number of nitrogens with zero attached hydrogens (tertiary/aromatic N) is 1. The zero-order valence-electron chi connectivity index (χ0n) is 19.3. The van der Waals surface area contributed by atoms with Crippen molar-refractivity contribution in [2.75, 3.05) is 5.32 Å². The highest BCUT2D eigenvalue weighted by molar-refractivity contribution is 6.02. The second-order valence-corrected chi connectivity index (χ2v) is 7.85. The molecule has 0 aliphatic rings. The predicted molar refractivity (Wildman–Crippen MR) is 131 cm³/mol. The van der Waals surface area contributed by atoms with Crippen molar-refractivity contribution in [1.29, 1.82) is 0 Å². The monoisotopic (exact) mass is 472 g/mol. The molecule has 1 aromatic heterocycles. The van der Waals surface area contributed by atoms with Gasteiger partial charge in [0, 0.05) is 12.1 Å². The number of nitro groups is 1. The summed E-state index contributed by atoms with van der Waals surface area (Å²) >= 11 is 0. The lowest BCUT2D eigenvalue weighted by molar-refractivity contribution is -0.384. The lowest BCUT2D eigenvalue weighted by Gasteiger charge is -2.10. The number of hydrogen-bond acceptors (Lipinski definition) is 6. The summed E-state index contributed by atoms with van der Waals surface area (Å²) in [4.78, 5) is 23.6. The lowest BCUT2D eigenvalue weighted by atomic mass is 10.2. The van der Waals surface area contributed by atoms with Gasteiger partial charge in [-0.1, -0.05) is 37.3 Å². The van der Waals surface area contributed by atoms with Gasteiger partial charge in [-0.05, 0) is 54.8 Å². The van der Waals surface area contributed by atoms with Gasteiger partial charge in [-0.3, -0.25) is 14.9 Å². The Morgan fingerprint density at radius 3 is 2.49 bits per heavy atom. The average molecular weight is 472 g/mol. The minimum atomic E-state index is -0.550. The van der Waals surface area contributed by atoms with Crippen molar-refractivity contribution in [2.24, 2.45) is 0 Å². The molecule has 4 aromatic rings. The number of aryl methyl sites for hydroxylation is 2. The van der Waals surface area contributed by atoms with Crippen molar-refractivity contribution in [3.63, 3.8) is 0 Å². The molecule has 0 unspecified atom stereocenters. The molecule has 0 aliphatic carbocycles. The second kappa shape index (κ2) is 10.6. The van der Waals surface area contributed by atoms with Gasteiger partial charge >= 0.3 is 0 Å². The van der Waals surface area contributed by atoms with Crippen LogP contribution in [-0.2, 0) is 13.0 Å². The molecule has 1 N–H and O–H groups in total. The maximum absolute atomic E-state index is 12.7. The number of non-ortho nitro benzene ring substituents is 1. The average Bonchev–Trinajstić information content (AvgIpc) is 3.34. The topological polar surface area (TPSA) is 104 Å². The summed E-state index contributed by atoms with van der Waals surface area (Å²) in [6.07, 6.45) is 0.945. The Labute approximate surface area is 202 Å². The highest BCUT2D eigenvalue weighted by Crippen LogP contribution is 2.31. The van der Waals surface area contributed by atoms with Crippen LogP contribution in [-0.4, -0.2) is 10.8 Å². The molecule has 4 rings (SSSR count). The summed E-state index contributed by atoms with van der Waals surface area (Å²) in [6.45, 7) is 4.11. The molecule has 8 nitrogen and oxygen atoms in total. The van der Waals surface area contributed by atoms with E-state index in [-0.39, 0.29) is 29.5 Å². The molecule has 3 aromatic carbocycles. The summed E-state index contributed by atoms with van der Waals surface area (Å²) in [5, 5.41) is 14.0. The summed E-state index contributed by atoms with van der Waals surface area (Å²) in [6, 6.07) is 22.3. The van der Waals surface area contributed by atoms with E-state index in [2.05, 4.69) is 12.2 Å². The molecule has 1 amide bonds. The van der Waals surface area contributed by atoms with Crippen molar-refractivity contribution in [3.05, 3.63) is 112 Å². The van der Waals surface area contributed by atoms with Crippen molar-refractivity contribution in [2.45, 2.75) is 26.9 Å². The lowest BCUT2D eigenvalue weighted by Crippen LogP contribution is -2.11. The minimum absolute atomic E-state index is 0.0535. The molecule has 0 radical (unpaired) electrons. The number of nitro benzene ring substituents is 1. The van der Waals surface area contributed by atoms with Gasteiger partial charge in [0.15, 0.2) is 5.76 Å². The molecular formula is C27H24N2O6. The van der Waals surface area contributed by atoms with E-state index in [0.717, 1.165) is 12.0 Å². The first-order valence-corrected chi connectivity index (χ1v) is 11.1. The molecule has 35 heavy (non-hydrogen) atoms. The number of carbonyl (C=O) groups excluding carboxylic acids is 1. The Morgan fingerprint density at radius 1 is 1.00 bits per heavy atom. The van der Waals surface area contributed by atoms with E-state index in [1.54, 1.807) is 18.2 Å². The Balaban J connectivity index is 1.45. The molecule has 0 spiro atoms. The summed E-state index contributed by atoms with van der Waals surface area (Å²) in [5.41, 5.74) is 2.08. The Kier molecular flexibility index (Phi) is 7.11. The highest BCUT2D eigenvalue weighted by atomic mass is 16.6. The fraction of sp³-hybridized carbons (Fsp3) is 0.148. The largest absolute Gasteiger partial charge is 0.486 e. The van der Waals surface area contributed by atoms with E-state index in [4.69, 9.17) is 13.9 Å². The van der Waals surface area contributed by atoms with E-state index in [1.165, 1.54) is 29.8 Å². The quantitative estimate of drug-likeness (QED) is 0.215. The van der Waals surface area contributed by atoms with Crippen LogP contribution in [0.1, 0.15) is 34.4 Å². The third kappa shape index (κ3) is 6.05. The Bertz CT molecular complexity index is 1340. The van der Waals surface area contributed by atoms with E-state index in [9.17, 15) is 14.9 Å². The SMILES string of the molecule is CCc1ccc(OCc2ccc(C(=O)Nc3cc(Oc4ccccc4C)cc([N+](=O)[O-])c3)o2)cc1. The van der Waals surface area contributed by atoms with Crippen molar-refractivity contribution < 1.29 is 23.6 Å². The molecule has 0 saturated carbocycles. The van der Waals surface area contributed by atoms with Crippen LogP contribution in [0.4, 0.5) is 11.4 Å². The first kappa shape index (κ1) is 23.6. The van der Waals surface area contributed by atoms with Gasteiger partial charge in [0.25, 0.3) is 11.6 Å². The number of furan rings is 1. The van der Waals surface area contributed by atoms with Gasteiger partial charge < -0.3 is 19.2 Å². The fourth-order valence-corrected chi connectivity index (χ4v) is 3.36. The summed E-state index contributed by atoms with van der Waals surface area (Å²) < 4.78 is 17.1. The van der Waals surface area contributed by atoms with Gasteiger partial charge in [0.1, 0.15) is 29.6 Å². The smallest absolute Gasteiger partial charge is 0.291 e. The van der Waals surface area contributed by atoms with Crippen molar-refractivity contribution in [1.82, 2.24) is 0 Å². The summed E-state index contributed by atoms with van der Waals surface area (Å²) in [5.74, 6) is 1.46. The number of nitrogens with one attached hydrogen (secondary N) is 1. The molecule has 1 heterocycles. The number of carbonyl (C=O) groups is 1. The Morgan fingerprint density at radius 2 is 1.77 bits per heavy atom. The zero-order chi connectivity index (χ0) is 24.8. The van der Waals surface area contributed by atoms with Gasteiger partial charge in [-0.2, -0.15) is 0 Å². The molecular weight excluding hydrogens is 448 g/mol. The summed E-state index contributed by atoms with van der Waals surface area (Å²) in [7, 11) is 0. The van der Waals surface area contributed by atoms with Crippen molar-refractivity contribution in [3.8, 4) is 17.2 Å². The van der Waals surface area contributed by atoms with Crippen LogP contribution in [0.2, 0.25) is 0 Å². The van der Waals surface area contributed by atoms with E-state index < -0.39 is 10.8 Å².